The lowest BCUT2D eigenvalue weighted by Crippen LogP contribution is -2.02. The summed E-state index contributed by atoms with van der Waals surface area (Å²) in [6.07, 6.45) is 3.57. The Labute approximate surface area is 105 Å². The third-order valence-electron chi connectivity index (χ3n) is 2.86. The Morgan fingerprint density at radius 3 is 3.00 bits per heavy atom. The zero-order valence-electron chi connectivity index (χ0n) is 10.1. The zero-order chi connectivity index (χ0) is 12.4. The number of imidazole rings is 1. The Morgan fingerprint density at radius 1 is 1.22 bits per heavy atom. The highest BCUT2D eigenvalue weighted by molar-refractivity contribution is 5.90. The molecule has 3 aromatic rings. The standard InChI is InChI=1S/C14H14N4/c1-10-5-6-11-3-2-4-12(14(11)18-10)17-9-13-15-7-8-16-13/h2-8,17H,9H2,1H3,(H,15,16). The summed E-state index contributed by atoms with van der Waals surface area (Å²) in [4.78, 5) is 11.8. The Kier molecular flexibility index (Phi) is 2.68. The highest BCUT2D eigenvalue weighted by atomic mass is 15.0. The van der Waals surface area contributed by atoms with E-state index in [2.05, 4.69) is 32.4 Å². The first kappa shape index (κ1) is 10.8. The molecule has 2 heterocycles. The van der Waals surface area contributed by atoms with E-state index in [9.17, 15) is 0 Å². The molecule has 2 aromatic heterocycles. The van der Waals surface area contributed by atoms with E-state index in [4.69, 9.17) is 0 Å². The van der Waals surface area contributed by atoms with Gasteiger partial charge in [0.2, 0.25) is 0 Å². The van der Waals surface area contributed by atoms with E-state index in [1.165, 1.54) is 0 Å². The number of aromatic amines is 1. The van der Waals surface area contributed by atoms with Crippen LogP contribution in [0, 0.1) is 6.92 Å². The van der Waals surface area contributed by atoms with Crippen molar-refractivity contribution in [1.29, 1.82) is 0 Å². The molecule has 0 bridgehead atoms. The van der Waals surface area contributed by atoms with Crippen molar-refractivity contribution in [2.45, 2.75) is 13.5 Å². The Morgan fingerprint density at radius 2 is 2.17 bits per heavy atom. The number of anilines is 1. The molecule has 0 spiro atoms. The summed E-state index contributed by atoms with van der Waals surface area (Å²) in [5.74, 6) is 0.916. The van der Waals surface area contributed by atoms with Crippen molar-refractivity contribution in [3.05, 3.63) is 54.2 Å². The van der Waals surface area contributed by atoms with E-state index in [0.717, 1.165) is 28.1 Å². The summed E-state index contributed by atoms with van der Waals surface area (Å²) in [6.45, 7) is 2.67. The fourth-order valence-electron chi connectivity index (χ4n) is 1.96. The predicted molar refractivity (Wildman–Crippen MR) is 72.4 cm³/mol. The summed E-state index contributed by atoms with van der Waals surface area (Å²) < 4.78 is 0. The number of benzene rings is 1. The first-order chi connectivity index (χ1) is 8.83. The molecule has 3 rings (SSSR count). The summed E-state index contributed by atoms with van der Waals surface area (Å²) in [5, 5.41) is 4.50. The summed E-state index contributed by atoms with van der Waals surface area (Å²) in [7, 11) is 0. The van der Waals surface area contributed by atoms with Crippen molar-refractivity contribution in [2.75, 3.05) is 5.32 Å². The van der Waals surface area contributed by atoms with Crippen molar-refractivity contribution in [1.82, 2.24) is 15.0 Å². The van der Waals surface area contributed by atoms with Crippen molar-refractivity contribution in [2.24, 2.45) is 0 Å². The van der Waals surface area contributed by atoms with Gasteiger partial charge in [-0.15, -0.1) is 0 Å². The number of aromatic nitrogens is 3. The number of H-pyrrole nitrogens is 1. The number of rotatable bonds is 3. The van der Waals surface area contributed by atoms with E-state index in [-0.39, 0.29) is 0 Å². The topological polar surface area (TPSA) is 53.6 Å². The lowest BCUT2D eigenvalue weighted by atomic mass is 10.1. The maximum absolute atomic E-state index is 4.58. The van der Waals surface area contributed by atoms with Gasteiger partial charge in [-0.05, 0) is 19.1 Å². The van der Waals surface area contributed by atoms with E-state index in [1.807, 2.05) is 31.3 Å². The smallest absolute Gasteiger partial charge is 0.125 e. The van der Waals surface area contributed by atoms with Crippen LogP contribution in [0.25, 0.3) is 10.9 Å². The molecule has 90 valence electrons. The van der Waals surface area contributed by atoms with Crippen LogP contribution in [0.4, 0.5) is 5.69 Å². The average Bonchev–Trinajstić information content (AvgIpc) is 2.89. The average molecular weight is 238 g/mol. The fourth-order valence-corrected chi connectivity index (χ4v) is 1.96. The van der Waals surface area contributed by atoms with E-state index in [1.54, 1.807) is 6.20 Å². The zero-order valence-corrected chi connectivity index (χ0v) is 10.1. The highest BCUT2D eigenvalue weighted by Gasteiger charge is 2.03. The van der Waals surface area contributed by atoms with Crippen molar-refractivity contribution < 1.29 is 0 Å². The SMILES string of the molecule is Cc1ccc2cccc(NCc3ncc[nH]3)c2n1. The minimum absolute atomic E-state index is 0.668. The Hall–Kier alpha value is -2.36. The number of pyridine rings is 1. The van der Waals surface area contributed by atoms with Gasteiger partial charge in [-0.2, -0.15) is 0 Å². The lowest BCUT2D eigenvalue weighted by molar-refractivity contribution is 1.00. The normalized spacial score (nSPS) is 10.7. The maximum atomic E-state index is 4.58. The van der Waals surface area contributed by atoms with Crippen LogP contribution in [0.3, 0.4) is 0 Å². The molecule has 1 aromatic carbocycles. The molecule has 0 aliphatic heterocycles. The van der Waals surface area contributed by atoms with Crippen molar-refractivity contribution >= 4 is 16.6 Å². The van der Waals surface area contributed by atoms with Gasteiger partial charge in [-0.3, -0.25) is 4.98 Å². The minimum Gasteiger partial charge on any atom is -0.376 e. The second-order valence-electron chi connectivity index (χ2n) is 4.22. The molecule has 0 aliphatic rings. The molecule has 18 heavy (non-hydrogen) atoms. The third-order valence-corrected chi connectivity index (χ3v) is 2.86. The quantitative estimate of drug-likeness (QED) is 0.737. The van der Waals surface area contributed by atoms with Crippen LogP contribution < -0.4 is 5.32 Å². The molecule has 0 unspecified atom stereocenters. The van der Waals surface area contributed by atoms with Gasteiger partial charge in [0.05, 0.1) is 17.7 Å². The molecule has 0 saturated heterocycles. The van der Waals surface area contributed by atoms with Gasteiger partial charge in [-0.25, -0.2) is 4.98 Å². The number of aryl methyl sites for hydroxylation is 1. The molecule has 0 fully saturated rings. The first-order valence-electron chi connectivity index (χ1n) is 5.91. The van der Waals surface area contributed by atoms with Crippen LogP contribution in [0.15, 0.2) is 42.7 Å². The summed E-state index contributed by atoms with van der Waals surface area (Å²) in [6, 6.07) is 10.3. The molecule has 0 atom stereocenters. The number of nitrogens with one attached hydrogen (secondary N) is 2. The number of fused-ring (bicyclic) bond motifs is 1. The second kappa shape index (κ2) is 4.49. The summed E-state index contributed by atoms with van der Waals surface area (Å²) >= 11 is 0. The van der Waals surface area contributed by atoms with Crippen molar-refractivity contribution in [3.8, 4) is 0 Å². The molecular formula is C14H14N4. The molecule has 0 amide bonds. The highest BCUT2D eigenvalue weighted by Crippen LogP contribution is 2.21. The minimum atomic E-state index is 0.668. The molecular weight excluding hydrogens is 224 g/mol. The second-order valence-corrected chi connectivity index (χ2v) is 4.22. The van der Waals surface area contributed by atoms with Gasteiger partial charge in [-0.1, -0.05) is 18.2 Å². The van der Waals surface area contributed by atoms with Gasteiger partial charge in [0, 0.05) is 23.5 Å². The largest absolute Gasteiger partial charge is 0.376 e. The first-order valence-corrected chi connectivity index (χ1v) is 5.91. The number of nitrogens with zero attached hydrogens (tertiary/aromatic N) is 2. The van der Waals surface area contributed by atoms with Crippen LogP contribution in [0.1, 0.15) is 11.5 Å². The van der Waals surface area contributed by atoms with Gasteiger partial charge in [0.1, 0.15) is 5.82 Å². The number of hydrogen-bond donors (Lipinski definition) is 2. The van der Waals surface area contributed by atoms with Crippen molar-refractivity contribution in [3.63, 3.8) is 0 Å². The van der Waals surface area contributed by atoms with E-state index >= 15 is 0 Å². The van der Waals surface area contributed by atoms with Crippen LogP contribution in [-0.4, -0.2) is 15.0 Å². The summed E-state index contributed by atoms with van der Waals surface area (Å²) in [5.41, 5.74) is 3.06. The Balaban J connectivity index is 1.93. The molecule has 4 nitrogen and oxygen atoms in total. The lowest BCUT2D eigenvalue weighted by Gasteiger charge is -2.08. The van der Waals surface area contributed by atoms with Crippen LogP contribution in [-0.2, 0) is 6.54 Å². The van der Waals surface area contributed by atoms with Gasteiger partial charge >= 0.3 is 0 Å². The molecule has 0 saturated carbocycles. The molecule has 0 aliphatic carbocycles. The predicted octanol–water partition coefficient (Wildman–Crippen LogP) is 2.88. The molecule has 4 heteroatoms. The maximum Gasteiger partial charge on any atom is 0.125 e. The molecule has 2 N–H and O–H groups in total. The van der Waals surface area contributed by atoms with Gasteiger partial charge < -0.3 is 10.3 Å². The fraction of sp³-hybridized carbons (Fsp3) is 0.143. The number of para-hydroxylation sites is 1. The Bertz CT molecular complexity index is 659. The molecule has 0 radical (unpaired) electrons. The number of hydrogen-bond acceptors (Lipinski definition) is 3. The van der Waals surface area contributed by atoms with Crippen LogP contribution in [0.5, 0.6) is 0 Å². The van der Waals surface area contributed by atoms with Crippen LogP contribution >= 0.6 is 0 Å². The van der Waals surface area contributed by atoms with Crippen LogP contribution in [0.2, 0.25) is 0 Å². The monoisotopic (exact) mass is 238 g/mol. The van der Waals surface area contributed by atoms with Gasteiger partial charge in [0.15, 0.2) is 0 Å². The van der Waals surface area contributed by atoms with Gasteiger partial charge in [0.25, 0.3) is 0 Å². The van der Waals surface area contributed by atoms with E-state index < -0.39 is 0 Å². The van der Waals surface area contributed by atoms with E-state index in [0.29, 0.717) is 6.54 Å². The third kappa shape index (κ3) is 2.05.